The maximum absolute atomic E-state index is 6.94. The molecule has 0 fully saturated rings. The van der Waals surface area contributed by atoms with Crippen LogP contribution in [0.25, 0.3) is 0 Å². The van der Waals surface area contributed by atoms with Gasteiger partial charge in [-0.1, -0.05) is 95.8 Å². The van der Waals surface area contributed by atoms with Crippen molar-refractivity contribution < 1.29 is 13.3 Å². The molecule has 4 nitrogen and oxygen atoms in total. The molecule has 0 aliphatic rings. The number of hydrogen-bond acceptors (Lipinski definition) is 4. The third kappa shape index (κ3) is 25.5. The second-order valence-electron chi connectivity index (χ2n) is 12.3. The van der Waals surface area contributed by atoms with E-state index in [1.807, 2.05) is 0 Å². The molecule has 0 rings (SSSR count). The molecule has 5 heteroatoms. The zero-order valence-electron chi connectivity index (χ0n) is 28.8. The number of allylic oxidation sites excluding steroid dienone is 6. The smallest absolute Gasteiger partial charge is 0.371 e. The summed E-state index contributed by atoms with van der Waals surface area (Å²) in [5.74, 6) is 0. The minimum Gasteiger partial charge on any atom is -0.371 e. The van der Waals surface area contributed by atoms with Gasteiger partial charge in [0.05, 0.1) is 0 Å². The SMILES string of the molecule is CCCC/C=C\CCC(C)O[Si](CCCCN(C)C)(OC(C)CC/C=C\CCCC)OC(C)CC/C=C\CCCC. The van der Waals surface area contributed by atoms with E-state index >= 15 is 0 Å². The number of nitrogens with zero attached hydrogens (tertiary/aromatic N) is 1. The topological polar surface area (TPSA) is 30.9 Å². The molecule has 0 bridgehead atoms. The minimum atomic E-state index is -2.89. The first-order valence-electron chi connectivity index (χ1n) is 17.4. The maximum Gasteiger partial charge on any atom is 0.501 e. The summed E-state index contributed by atoms with van der Waals surface area (Å²) >= 11 is 0. The van der Waals surface area contributed by atoms with Crippen molar-refractivity contribution in [2.45, 2.75) is 175 Å². The summed E-state index contributed by atoms with van der Waals surface area (Å²) in [6.07, 6.45) is 33.8. The first kappa shape index (κ1) is 40.3. The lowest BCUT2D eigenvalue weighted by Gasteiger charge is -2.37. The van der Waals surface area contributed by atoms with E-state index in [4.69, 9.17) is 13.3 Å². The van der Waals surface area contributed by atoms with Crippen LogP contribution in [0, 0.1) is 0 Å². The second kappa shape index (κ2) is 28.1. The van der Waals surface area contributed by atoms with Crippen LogP contribution in [0.4, 0.5) is 0 Å². The Morgan fingerprint density at radius 1 is 0.512 bits per heavy atom. The highest BCUT2D eigenvalue weighted by molar-refractivity contribution is 6.60. The monoisotopic (exact) mass is 594 g/mol. The first-order valence-corrected chi connectivity index (χ1v) is 19.3. The van der Waals surface area contributed by atoms with Crippen LogP contribution in [0.15, 0.2) is 36.5 Å². The van der Waals surface area contributed by atoms with E-state index in [-0.39, 0.29) is 18.3 Å². The largest absolute Gasteiger partial charge is 0.501 e. The summed E-state index contributed by atoms with van der Waals surface area (Å²) in [5.41, 5.74) is 0. The van der Waals surface area contributed by atoms with Crippen molar-refractivity contribution in [1.82, 2.24) is 4.90 Å². The zero-order valence-corrected chi connectivity index (χ0v) is 29.8. The fraction of sp³-hybridized carbons (Fsp3) is 0.833. The lowest BCUT2D eigenvalue weighted by molar-refractivity contribution is -0.0134. The Labute approximate surface area is 258 Å². The Morgan fingerprint density at radius 2 is 0.854 bits per heavy atom. The summed E-state index contributed by atoms with van der Waals surface area (Å²) in [6, 6.07) is 0.894. The van der Waals surface area contributed by atoms with Crippen molar-refractivity contribution >= 4 is 8.80 Å². The van der Waals surface area contributed by atoms with Crippen molar-refractivity contribution in [3.63, 3.8) is 0 Å². The van der Waals surface area contributed by atoms with Crippen LogP contribution in [0.3, 0.4) is 0 Å². The Morgan fingerprint density at radius 3 is 1.17 bits per heavy atom. The molecule has 0 aliphatic heterocycles. The third-order valence-electron chi connectivity index (χ3n) is 7.37. The lowest BCUT2D eigenvalue weighted by Crippen LogP contribution is -2.51. The molecular formula is C36H71NO3Si. The molecule has 0 saturated heterocycles. The van der Waals surface area contributed by atoms with Gasteiger partial charge in [0.1, 0.15) is 0 Å². The predicted octanol–water partition coefficient (Wildman–Crippen LogP) is 11.1. The standard InChI is InChI=1S/C36H71NO3Si/c1-9-12-15-18-21-24-29-34(4)38-41(33-28-27-32-37(7)8,39-35(5)30-25-22-19-16-13-10-2)40-36(6)31-26-23-20-17-14-11-3/h18-23,34-36H,9-17,24-33H2,1-8H3/b21-18-,22-19-,23-20-. The van der Waals surface area contributed by atoms with Crippen LogP contribution in [0.1, 0.15) is 151 Å². The molecule has 3 unspecified atom stereocenters. The summed E-state index contributed by atoms with van der Waals surface area (Å²) in [7, 11) is 1.41. The van der Waals surface area contributed by atoms with Gasteiger partial charge >= 0.3 is 8.80 Å². The highest BCUT2D eigenvalue weighted by atomic mass is 28.4. The van der Waals surface area contributed by atoms with E-state index in [1.54, 1.807) is 0 Å². The highest BCUT2D eigenvalue weighted by Crippen LogP contribution is 2.28. The molecule has 0 aromatic rings. The van der Waals surface area contributed by atoms with E-state index < -0.39 is 8.80 Å². The minimum absolute atomic E-state index is 0.119. The Balaban J connectivity index is 5.51. The van der Waals surface area contributed by atoms with E-state index in [9.17, 15) is 0 Å². The van der Waals surface area contributed by atoms with Gasteiger partial charge < -0.3 is 18.2 Å². The molecule has 242 valence electrons. The first-order chi connectivity index (χ1) is 19.8. The number of rotatable bonds is 29. The number of hydrogen-bond donors (Lipinski definition) is 0. The Hall–Kier alpha value is -0.723. The third-order valence-corrected chi connectivity index (χ3v) is 10.6. The van der Waals surface area contributed by atoms with Gasteiger partial charge in [-0.2, -0.15) is 0 Å². The molecule has 3 atom stereocenters. The Bertz CT molecular complexity index is 575. The van der Waals surface area contributed by atoms with E-state index in [0.717, 1.165) is 64.0 Å². The van der Waals surface area contributed by atoms with Crippen LogP contribution in [0.2, 0.25) is 6.04 Å². The fourth-order valence-electron chi connectivity index (χ4n) is 4.79. The molecule has 0 aromatic heterocycles. The molecule has 0 radical (unpaired) electrons. The summed E-state index contributed by atoms with van der Waals surface area (Å²) < 4.78 is 20.8. The van der Waals surface area contributed by atoms with E-state index in [0.29, 0.717) is 0 Å². The molecule has 41 heavy (non-hydrogen) atoms. The predicted molar refractivity (Wildman–Crippen MR) is 184 cm³/mol. The summed E-state index contributed by atoms with van der Waals surface area (Å²) in [4.78, 5) is 2.26. The van der Waals surface area contributed by atoms with Crippen LogP contribution in [-0.2, 0) is 13.3 Å². The average Bonchev–Trinajstić information content (AvgIpc) is 2.92. The molecule has 0 heterocycles. The number of unbranched alkanes of at least 4 members (excludes halogenated alkanes) is 7. The van der Waals surface area contributed by atoms with Gasteiger partial charge in [-0.15, -0.1) is 0 Å². The quantitative estimate of drug-likeness (QED) is 0.0490. The molecule has 0 amide bonds. The van der Waals surface area contributed by atoms with Gasteiger partial charge in [0.2, 0.25) is 0 Å². The van der Waals surface area contributed by atoms with Crippen LogP contribution < -0.4 is 0 Å². The molecule has 0 aromatic carbocycles. The summed E-state index contributed by atoms with van der Waals surface area (Å²) in [6.45, 7) is 14.5. The van der Waals surface area contributed by atoms with Crippen LogP contribution in [-0.4, -0.2) is 52.7 Å². The van der Waals surface area contributed by atoms with Crippen molar-refractivity contribution in [2.24, 2.45) is 0 Å². The van der Waals surface area contributed by atoms with E-state index in [1.165, 1.54) is 57.8 Å². The van der Waals surface area contributed by atoms with Gasteiger partial charge in [0.25, 0.3) is 0 Å². The van der Waals surface area contributed by atoms with Crippen LogP contribution in [0.5, 0.6) is 0 Å². The van der Waals surface area contributed by atoms with Gasteiger partial charge in [-0.25, -0.2) is 0 Å². The highest BCUT2D eigenvalue weighted by Gasteiger charge is 2.45. The van der Waals surface area contributed by atoms with Gasteiger partial charge in [0.15, 0.2) is 0 Å². The zero-order chi connectivity index (χ0) is 30.6. The van der Waals surface area contributed by atoms with Crippen molar-refractivity contribution in [3.05, 3.63) is 36.5 Å². The molecule has 0 saturated carbocycles. The molecule has 0 N–H and O–H groups in total. The fourth-order valence-corrected chi connectivity index (χ4v) is 8.19. The van der Waals surface area contributed by atoms with Crippen molar-refractivity contribution in [2.75, 3.05) is 20.6 Å². The Kier molecular flexibility index (Phi) is 27.6. The average molecular weight is 594 g/mol. The van der Waals surface area contributed by atoms with Crippen molar-refractivity contribution in [3.8, 4) is 0 Å². The van der Waals surface area contributed by atoms with E-state index in [2.05, 4.69) is 97.0 Å². The van der Waals surface area contributed by atoms with Crippen LogP contribution >= 0.6 is 0 Å². The maximum atomic E-state index is 6.94. The lowest BCUT2D eigenvalue weighted by atomic mass is 10.2. The normalized spacial score (nSPS) is 16.3. The van der Waals surface area contributed by atoms with Gasteiger partial charge in [-0.05, 0) is 112 Å². The molecule has 0 spiro atoms. The van der Waals surface area contributed by atoms with Crippen molar-refractivity contribution in [1.29, 1.82) is 0 Å². The second-order valence-corrected chi connectivity index (χ2v) is 14.9. The molecule has 0 aliphatic carbocycles. The van der Waals surface area contributed by atoms with Gasteiger partial charge in [-0.3, -0.25) is 0 Å². The molecular weight excluding hydrogens is 522 g/mol. The summed E-state index contributed by atoms with van der Waals surface area (Å²) in [5, 5.41) is 0. The van der Waals surface area contributed by atoms with Gasteiger partial charge in [0, 0.05) is 24.4 Å².